The fraction of sp³-hybridized carbons (Fsp3) is 0.190. The topological polar surface area (TPSA) is 91.4 Å². The summed E-state index contributed by atoms with van der Waals surface area (Å²) < 4.78 is 5.43. The number of nitrogens with one attached hydrogen (secondary N) is 3. The van der Waals surface area contributed by atoms with Crippen LogP contribution in [0.5, 0.6) is 0 Å². The number of aromatic nitrogens is 2. The average molecular weight is 388 g/mol. The standard InChI is InChI=1S/C21H20N6O2/c28-21-24-17-7-2-1-6-16(17)19-18(25-21)13-22-20(26-19)23-14-4-3-5-15(12-14)27-8-10-29-11-9-27/h1-7,12-13H,8-11H2,(H,22,23,26)(H2,24,25,28). The third-order valence-corrected chi connectivity index (χ3v) is 4.95. The predicted octanol–water partition coefficient (Wildman–Crippen LogP) is 3.68. The number of hydrogen-bond acceptors (Lipinski definition) is 6. The fourth-order valence-electron chi connectivity index (χ4n) is 3.54. The van der Waals surface area contributed by atoms with Crippen molar-refractivity contribution < 1.29 is 9.53 Å². The van der Waals surface area contributed by atoms with E-state index in [0.29, 0.717) is 23.0 Å². The molecule has 5 rings (SSSR count). The zero-order valence-corrected chi connectivity index (χ0v) is 15.7. The number of para-hydroxylation sites is 1. The molecule has 0 spiro atoms. The molecule has 29 heavy (non-hydrogen) atoms. The van der Waals surface area contributed by atoms with E-state index < -0.39 is 0 Å². The largest absolute Gasteiger partial charge is 0.378 e. The summed E-state index contributed by atoms with van der Waals surface area (Å²) in [5, 5.41) is 8.90. The molecule has 0 radical (unpaired) electrons. The van der Waals surface area contributed by atoms with Crippen molar-refractivity contribution in [3.63, 3.8) is 0 Å². The zero-order chi connectivity index (χ0) is 19.6. The van der Waals surface area contributed by atoms with Gasteiger partial charge in [0.25, 0.3) is 0 Å². The first-order chi connectivity index (χ1) is 14.3. The van der Waals surface area contributed by atoms with Gasteiger partial charge in [0.1, 0.15) is 5.69 Å². The molecule has 0 aliphatic carbocycles. The van der Waals surface area contributed by atoms with E-state index in [4.69, 9.17) is 4.74 Å². The molecule has 3 N–H and O–H groups in total. The fourth-order valence-corrected chi connectivity index (χ4v) is 3.54. The zero-order valence-electron chi connectivity index (χ0n) is 15.7. The minimum absolute atomic E-state index is 0.307. The van der Waals surface area contributed by atoms with Crippen molar-refractivity contribution in [3.05, 3.63) is 54.7 Å². The van der Waals surface area contributed by atoms with Gasteiger partial charge in [-0.1, -0.05) is 24.3 Å². The van der Waals surface area contributed by atoms with Crippen LogP contribution in [0.3, 0.4) is 0 Å². The number of nitrogens with zero attached hydrogens (tertiary/aromatic N) is 3. The maximum atomic E-state index is 12.1. The smallest absolute Gasteiger partial charge is 0.323 e. The van der Waals surface area contributed by atoms with Gasteiger partial charge in [-0.25, -0.2) is 14.8 Å². The van der Waals surface area contributed by atoms with Crippen LogP contribution in [-0.4, -0.2) is 42.3 Å². The average Bonchev–Trinajstić information content (AvgIpc) is 2.90. The van der Waals surface area contributed by atoms with E-state index in [9.17, 15) is 4.79 Å². The molecule has 8 nitrogen and oxygen atoms in total. The molecule has 1 aromatic heterocycles. The van der Waals surface area contributed by atoms with Crippen molar-refractivity contribution >= 4 is 34.7 Å². The number of benzene rings is 2. The summed E-state index contributed by atoms with van der Waals surface area (Å²) in [4.78, 5) is 23.4. The van der Waals surface area contributed by atoms with E-state index in [1.54, 1.807) is 6.20 Å². The minimum Gasteiger partial charge on any atom is -0.378 e. The molecule has 0 bridgehead atoms. The van der Waals surface area contributed by atoms with Crippen LogP contribution in [0, 0.1) is 0 Å². The third-order valence-electron chi connectivity index (χ3n) is 4.95. The molecule has 1 fully saturated rings. The molecule has 3 aromatic rings. The van der Waals surface area contributed by atoms with Crippen LogP contribution in [0.25, 0.3) is 11.3 Å². The van der Waals surface area contributed by atoms with Crippen LogP contribution in [0.4, 0.5) is 33.5 Å². The van der Waals surface area contributed by atoms with E-state index in [-0.39, 0.29) is 6.03 Å². The second kappa shape index (κ2) is 7.40. The Morgan fingerprint density at radius 3 is 2.72 bits per heavy atom. The number of ether oxygens (including phenoxy) is 1. The number of carbonyl (C=O) groups excluding carboxylic acids is 1. The highest BCUT2D eigenvalue weighted by atomic mass is 16.5. The summed E-state index contributed by atoms with van der Waals surface area (Å²) in [7, 11) is 0. The van der Waals surface area contributed by atoms with E-state index in [0.717, 1.165) is 43.2 Å². The van der Waals surface area contributed by atoms with E-state index >= 15 is 0 Å². The Bertz CT molecular complexity index is 1060. The van der Waals surface area contributed by atoms with Gasteiger partial charge in [-0.15, -0.1) is 0 Å². The molecule has 2 aromatic carbocycles. The van der Waals surface area contributed by atoms with E-state index in [1.165, 1.54) is 0 Å². The summed E-state index contributed by atoms with van der Waals surface area (Å²) in [6.45, 7) is 3.24. The quantitative estimate of drug-likeness (QED) is 0.634. The molecule has 2 aliphatic heterocycles. The maximum absolute atomic E-state index is 12.1. The molecular weight excluding hydrogens is 368 g/mol. The van der Waals surface area contributed by atoms with E-state index in [2.05, 4.69) is 43.0 Å². The number of urea groups is 1. The normalized spacial score (nSPS) is 15.4. The van der Waals surface area contributed by atoms with Gasteiger partial charge in [0.15, 0.2) is 0 Å². The summed E-state index contributed by atoms with van der Waals surface area (Å²) >= 11 is 0. The van der Waals surface area contributed by atoms with Crippen molar-refractivity contribution in [3.8, 4) is 11.3 Å². The Labute approximate surface area is 167 Å². The highest BCUT2D eigenvalue weighted by molar-refractivity contribution is 6.07. The SMILES string of the molecule is O=C1Nc2ccccc2-c2nc(Nc3cccc(N4CCOCC4)c3)ncc2N1. The number of amides is 2. The van der Waals surface area contributed by atoms with Crippen LogP contribution < -0.4 is 20.9 Å². The number of morpholine rings is 1. The first-order valence-electron chi connectivity index (χ1n) is 9.50. The highest BCUT2D eigenvalue weighted by Gasteiger charge is 2.20. The highest BCUT2D eigenvalue weighted by Crippen LogP contribution is 2.35. The van der Waals surface area contributed by atoms with Gasteiger partial charge in [-0.2, -0.15) is 0 Å². The van der Waals surface area contributed by atoms with Gasteiger partial charge in [-0.3, -0.25) is 0 Å². The molecule has 0 saturated carbocycles. The van der Waals surface area contributed by atoms with E-state index in [1.807, 2.05) is 36.4 Å². The Morgan fingerprint density at radius 1 is 1.00 bits per heavy atom. The Kier molecular flexibility index (Phi) is 4.45. The molecule has 1 saturated heterocycles. The lowest BCUT2D eigenvalue weighted by Gasteiger charge is -2.29. The van der Waals surface area contributed by atoms with Gasteiger partial charge in [0.05, 0.1) is 30.8 Å². The van der Waals surface area contributed by atoms with Gasteiger partial charge < -0.3 is 25.6 Å². The molecular formula is C21H20N6O2. The lowest BCUT2D eigenvalue weighted by Crippen LogP contribution is -2.36. The molecule has 0 atom stereocenters. The van der Waals surface area contributed by atoms with Crippen molar-refractivity contribution in [1.29, 1.82) is 0 Å². The number of hydrogen-bond donors (Lipinski definition) is 3. The molecule has 0 unspecified atom stereocenters. The molecule has 146 valence electrons. The van der Waals surface area contributed by atoms with Crippen molar-refractivity contribution in [1.82, 2.24) is 9.97 Å². The second-order valence-electron chi connectivity index (χ2n) is 6.86. The summed E-state index contributed by atoms with van der Waals surface area (Å²) in [6, 6.07) is 15.4. The Balaban J connectivity index is 1.46. The van der Waals surface area contributed by atoms with Crippen LogP contribution in [0.15, 0.2) is 54.7 Å². The summed E-state index contributed by atoms with van der Waals surface area (Å²) in [5.74, 6) is 0.467. The first-order valence-corrected chi connectivity index (χ1v) is 9.50. The number of carbonyl (C=O) groups is 1. The van der Waals surface area contributed by atoms with Crippen LogP contribution in [-0.2, 0) is 4.74 Å². The molecule has 3 heterocycles. The minimum atomic E-state index is -0.307. The van der Waals surface area contributed by atoms with Crippen LogP contribution >= 0.6 is 0 Å². The maximum Gasteiger partial charge on any atom is 0.323 e. The Hall–Kier alpha value is -3.65. The molecule has 2 amide bonds. The first kappa shape index (κ1) is 17.4. The van der Waals surface area contributed by atoms with Gasteiger partial charge >= 0.3 is 6.03 Å². The van der Waals surface area contributed by atoms with Gasteiger partial charge in [-0.05, 0) is 24.3 Å². The monoisotopic (exact) mass is 388 g/mol. The number of fused-ring (bicyclic) bond motifs is 3. The second-order valence-corrected chi connectivity index (χ2v) is 6.86. The summed E-state index contributed by atoms with van der Waals surface area (Å²) in [5.41, 5.74) is 4.82. The lowest BCUT2D eigenvalue weighted by atomic mass is 10.1. The van der Waals surface area contributed by atoms with Crippen molar-refractivity contribution in [2.75, 3.05) is 47.2 Å². The lowest BCUT2D eigenvalue weighted by molar-refractivity contribution is 0.122. The van der Waals surface area contributed by atoms with Gasteiger partial charge in [0, 0.05) is 30.0 Å². The third kappa shape index (κ3) is 3.57. The summed E-state index contributed by atoms with van der Waals surface area (Å²) in [6.07, 6.45) is 1.62. The van der Waals surface area contributed by atoms with Crippen LogP contribution in [0.2, 0.25) is 0 Å². The number of anilines is 5. The Morgan fingerprint density at radius 2 is 1.83 bits per heavy atom. The molecule has 8 heteroatoms. The number of rotatable bonds is 3. The van der Waals surface area contributed by atoms with Crippen LogP contribution in [0.1, 0.15) is 0 Å². The predicted molar refractivity (Wildman–Crippen MR) is 113 cm³/mol. The van der Waals surface area contributed by atoms with Crippen molar-refractivity contribution in [2.45, 2.75) is 0 Å². The van der Waals surface area contributed by atoms with Crippen molar-refractivity contribution in [2.24, 2.45) is 0 Å². The molecule has 2 aliphatic rings. The van der Waals surface area contributed by atoms with Gasteiger partial charge in [0.2, 0.25) is 5.95 Å².